The molecule has 0 heterocycles. The molecule has 0 bridgehead atoms. The van der Waals surface area contributed by atoms with Crippen LogP contribution >= 0.6 is 0 Å². The van der Waals surface area contributed by atoms with Crippen molar-refractivity contribution < 1.29 is 0 Å². The molecule has 1 nitrogen and oxygen atoms in total. The lowest BCUT2D eigenvalue weighted by Gasteiger charge is -2.29. The zero-order valence-electron chi connectivity index (χ0n) is 10.3. The van der Waals surface area contributed by atoms with Crippen molar-refractivity contribution in [1.82, 2.24) is 0 Å². The predicted octanol–water partition coefficient (Wildman–Crippen LogP) is 4.53. The summed E-state index contributed by atoms with van der Waals surface area (Å²) in [5, 5.41) is 0. The van der Waals surface area contributed by atoms with Gasteiger partial charge in [0.05, 0.1) is 5.69 Å². The first kappa shape index (κ1) is 11.1. The SMILES string of the molecule is CC1=CC(=Nc2ccccc2)CC(C)(C)C1. The molecule has 16 heavy (non-hydrogen) atoms. The Hall–Kier alpha value is -1.37. The molecule has 2 rings (SSSR count). The van der Waals surface area contributed by atoms with Crippen molar-refractivity contribution in [3.8, 4) is 0 Å². The van der Waals surface area contributed by atoms with Gasteiger partial charge in [-0.2, -0.15) is 0 Å². The van der Waals surface area contributed by atoms with E-state index in [2.05, 4.69) is 39.0 Å². The van der Waals surface area contributed by atoms with Crippen LogP contribution in [0.2, 0.25) is 0 Å². The molecule has 1 aromatic carbocycles. The lowest BCUT2D eigenvalue weighted by Crippen LogP contribution is -2.21. The second-order valence-corrected chi connectivity index (χ2v) is 5.45. The first-order chi connectivity index (χ1) is 7.55. The molecule has 0 saturated heterocycles. The third-order valence-electron chi connectivity index (χ3n) is 2.86. The fourth-order valence-corrected chi connectivity index (χ4v) is 2.43. The first-order valence-electron chi connectivity index (χ1n) is 5.85. The van der Waals surface area contributed by atoms with Gasteiger partial charge in [0.15, 0.2) is 0 Å². The van der Waals surface area contributed by atoms with Crippen LogP contribution in [0.15, 0.2) is 47.0 Å². The molecular weight excluding hydrogens is 194 g/mol. The third-order valence-corrected chi connectivity index (χ3v) is 2.86. The van der Waals surface area contributed by atoms with Crippen molar-refractivity contribution >= 4 is 11.4 Å². The van der Waals surface area contributed by atoms with Gasteiger partial charge in [0.25, 0.3) is 0 Å². The van der Waals surface area contributed by atoms with E-state index in [1.54, 1.807) is 0 Å². The van der Waals surface area contributed by atoms with E-state index in [0.717, 1.165) is 12.1 Å². The molecule has 1 aliphatic rings. The molecule has 0 amide bonds. The number of nitrogens with zero attached hydrogens (tertiary/aromatic N) is 1. The Kier molecular flexibility index (Phi) is 2.95. The van der Waals surface area contributed by atoms with Gasteiger partial charge in [-0.05, 0) is 43.4 Å². The Morgan fingerprint density at radius 3 is 2.38 bits per heavy atom. The van der Waals surface area contributed by atoms with Gasteiger partial charge >= 0.3 is 0 Å². The maximum absolute atomic E-state index is 4.70. The van der Waals surface area contributed by atoms with E-state index in [0.29, 0.717) is 5.41 Å². The number of hydrogen-bond acceptors (Lipinski definition) is 1. The molecule has 0 aromatic heterocycles. The van der Waals surface area contributed by atoms with Crippen LogP contribution in [0.1, 0.15) is 33.6 Å². The van der Waals surface area contributed by atoms with Crippen LogP contribution in [0.4, 0.5) is 5.69 Å². The maximum Gasteiger partial charge on any atom is 0.0632 e. The van der Waals surface area contributed by atoms with Gasteiger partial charge in [-0.25, -0.2) is 0 Å². The van der Waals surface area contributed by atoms with Gasteiger partial charge in [0.1, 0.15) is 0 Å². The van der Waals surface area contributed by atoms with Gasteiger partial charge in [-0.1, -0.05) is 37.6 Å². The van der Waals surface area contributed by atoms with Crippen LogP contribution < -0.4 is 0 Å². The van der Waals surface area contributed by atoms with Crippen molar-refractivity contribution in [3.05, 3.63) is 42.0 Å². The number of rotatable bonds is 1. The molecule has 84 valence electrons. The summed E-state index contributed by atoms with van der Waals surface area (Å²) in [5.41, 5.74) is 4.05. The lowest BCUT2D eigenvalue weighted by molar-refractivity contribution is 0.373. The highest BCUT2D eigenvalue weighted by Gasteiger charge is 2.24. The van der Waals surface area contributed by atoms with Gasteiger partial charge in [-0.15, -0.1) is 0 Å². The highest BCUT2D eigenvalue weighted by molar-refractivity contribution is 5.98. The summed E-state index contributed by atoms with van der Waals surface area (Å²) in [4.78, 5) is 4.70. The molecule has 0 N–H and O–H groups in total. The van der Waals surface area contributed by atoms with Gasteiger partial charge in [0.2, 0.25) is 0 Å². The van der Waals surface area contributed by atoms with Crippen molar-refractivity contribution in [1.29, 1.82) is 0 Å². The summed E-state index contributed by atoms with van der Waals surface area (Å²) in [5.74, 6) is 0. The number of allylic oxidation sites excluding steroid dienone is 2. The maximum atomic E-state index is 4.70. The predicted molar refractivity (Wildman–Crippen MR) is 70.3 cm³/mol. The summed E-state index contributed by atoms with van der Waals surface area (Å²) >= 11 is 0. The van der Waals surface area contributed by atoms with Crippen LogP contribution in [0.5, 0.6) is 0 Å². The van der Waals surface area contributed by atoms with Crippen LogP contribution in [-0.4, -0.2) is 5.71 Å². The topological polar surface area (TPSA) is 12.4 Å². The van der Waals surface area contributed by atoms with Crippen molar-refractivity contribution in [3.63, 3.8) is 0 Å². The smallest absolute Gasteiger partial charge is 0.0632 e. The van der Waals surface area contributed by atoms with Crippen LogP contribution in [0.3, 0.4) is 0 Å². The van der Waals surface area contributed by atoms with E-state index in [9.17, 15) is 0 Å². The largest absolute Gasteiger partial charge is 0.253 e. The highest BCUT2D eigenvalue weighted by atomic mass is 14.7. The van der Waals surface area contributed by atoms with Crippen LogP contribution in [0.25, 0.3) is 0 Å². The Bertz CT molecular complexity index is 424. The molecule has 0 unspecified atom stereocenters. The zero-order valence-corrected chi connectivity index (χ0v) is 10.3. The van der Waals surface area contributed by atoms with Gasteiger partial charge < -0.3 is 0 Å². The molecule has 0 saturated carbocycles. The standard InChI is InChI=1S/C15H19N/c1-12-9-14(11-15(2,3)10-12)16-13-7-5-4-6-8-13/h4-9H,10-11H2,1-3H3. The molecular formula is C15H19N. The van der Waals surface area contributed by atoms with Crippen LogP contribution in [-0.2, 0) is 0 Å². The van der Waals surface area contributed by atoms with Crippen LogP contribution in [0, 0.1) is 5.41 Å². The minimum atomic E-state index is 0.354. The minimum Gasteiger partial charge on any atom is -0.253 e. The Morgan fingerprint density at radius 2 is 1.75 bits per heavy atom. The first-order valence-corrected chi connectivity index (χ1v) is 5.85. The second-order valence-electron chi connectivity index (χ2n) is 5.45. The summed E-state index contributed by atoms with van der Waals surface area (Å²) in [6, 6.07) is 10.2. The van der Waals surface area contributed by atoms with Gasteiger partial charge in [-0.3, -0.25) is 4.99 Å². The number of benzene rings is 1. The fourth-order valence-electron chi connectivity index (χ4n) is 2.43. The van der Waals surface area contributed by atoms with E-state index in [1.165, 1.54) is 17.7 Å². The minimum absolute atomic E-state index is 0.354. The number of para-hydroxylation sites is 1. The average Bonchev–Trinajstić information content (AvgIpc) is 2.15. The number of hydrogen-bond donors (Lipinski definition) is 0. The van der Waals surface area contributed by atoms with E-state index in [1.807, 2.05) is 18.2 Å². The van der Waals surface area contributed by atoms with Crippen molar-refractivity contribution in [2.45, 2.75) is 33.6 Å². The molecule has 1 aromatic rings. The monoisotopic (exact) mass is 213 g/mol. The third kappa shape index (κ3) is 2.82. The van der Waals surface area contributed by atoms with Crippen molar-refractivity contribution in [2.75, 3.05) is 0 Å². The molecule has 0 spiro atoms. The highest BCUT2D eigenvalue weighted by Crippen LogP contribution is 2.34. The summed E-state index contributed by atoms with van der Waals surface area (Å²) < 4.78 is 0. The second kappa shape index (κ2) is 4.25. The Balaban J connectivity index is 2.28. The summed E-state index contributed by atoms with van der Waals surface area (Å²) in [6.07, 6.45) is 4.48. The quantitative estimate of drug-likeness (QED) is 0.650. The van der Waals surface area contributed by atoms with E-state index < -0.39 is 0 Å². The molecule has 0 atom stereocenters. The molecule has 0 radical (unpaired) electrons. The molecule has 1 heteroatoms. The average molecular weight is 213 g/mol. The Morgan fingerprint density at radius 1 is 1.06 bits per heavy atom. The van der Waals surface area contributed by atoms with E-state index in [-0.39, 0.29) is 0 Å². The summed E-state index contributed by atoms with van der Waals surface area (Å²) in [6.45, 7) is 6.81. The molecule has 0 fully saturated rings. The summed E-state index contributed by atoms with van der Waals surface area (Å²) in [7, 11) is 0. The van der Waals surface area contributed by atoms with E-state index >= 15 is 0 Å². The zero-order chi connectivity index (χ0) is 11.6. The van der Waals surface area contributed by atoms with Crippen molar-refractivity contribution in [2.24, 2.45) is 10.4 Å². The fraction of sp³-hybridized carbons (Fsp3) is 0.400. The Labute approximate surface area is 97.9 Å². The van der Waals surface area contributed by atoms with Gasteiger partial charge in [0, 0.05) is 5.71 Å². The molecule has 0 aliphatic heterocycles. The lowest BCUT2D eigenvalue weighted by atomic mass is 9.77. The number of aliphatic imine (C=N–C) groups is 1. The normalized spacial score (nSPS) is 21.9. The van der Waals surface area contributed by atoms with E-state index in [4.69, 9.17) is 4.99 Å². The molecule has 1 aliphatic carbocycles.